The number of hydrogen-bond donors (Lipinski definition) is 0. The van der Waals surface area contributed by atoms with Crippen molar-refractivity contribution in [3.05, 3.63) is 22.4 Å². The first-order chi connectivity index (χ1) is 6.79. The van der Waals surface area contributed by atoms with Gasteiger partial charge in [-0.2, -0.15) is 11.3 Å². The van der Waals surface area contributed by atoms with E-state index in [2.05, 4.69) is 6.92 Å². The van der Waals surface area contributed by atoms with Crippen molar-refractivity contribution >= 4 is 28.8 Å². The van der Waals surface area contributed by atoms with E-state index in [-0.39, 0.29) is 5.91 Å². The van der Waals surface area contributed by atoms with Crippen molar-refractivity contribution < 1.29 is 4.79 Å². The third-order valence-corrected chi connectivity index (χ3v) is 2.76. The smallest absolute Gasteiger partial charge is 0.254 e. The van der Waals surface area contributed by atoms with Gasteiger partial charge in [-0.1, -0.05) is 6.92 Å². The SMILES string of the molecule is CCCN(CCCl)C(=O)c1ccsc1. The molecule has 0 aliphatic heterocycles. The molecule has 4 heteroatoms. The molecule has 0 aliphatic carbocycles. The molecule has 0 spiro atoms. The van der Waals surface area contributed by atoms with Crippen LogP contribution in [0.4, 0.5) is 0 Å². The summed E-state index contributed by atoms with van der Waals surface area (Å²) in [5.74, 6) is 0.587. The fourth-order valence-corrected chi connectivity index (χ4v) is 2.09. The molecule has 14 heavy (non-hydrogen) atoms. The second-order valence-corrected chi connectivity index (χ2v) is 4.15. The Bertz CT molecular complexity index is 268. The van der Waals surface area contributed by atoms with Crippen LogP contribution < -0.4 is 0 Å². The Morgan fingerprint density at radius 1 is 1.57 bits per heavy atom. The summed E-state index contributed by atoms with van der Waals surface area (Å²) in [5, 5.41) is 3.79. The Hall–Kier alpha value is -0.540. The maximum Gasteiger partial charge on any atom is 0.254 e. The van der Waals surface area contributed by atoms with Crippen molar-refractivity contribution in [2.24, 2.45) is 0 Å². The van der Waals surface area contributed by atoms with Crippen LogP contribution in [-0.4, -0.2) is 29.8 Å². The second kappa shape index (κ2) is 6.04. The second-order valence-electron chi connectivity index (χ2n) is 2.99. The number of rotatable bonds is 5. The lowest BCUT2D eigenvalue weighted by Crippen LogP contribution is -2.33. The normalized spacial score (nSPS) is 10.1. The van der Waals surface area contributed by atoms with E-state index < -0.39 is 0 Å². The van der Waals surface area contributed by atoms with Gasteiger partial charge < -0.3 is 4.90 Å². The minimum atomic E-state index is 0.0914. The van der Waals surface area contributed by atoms with Crippen LogP contribution in [0.25, 0.3) is 0 Å². The molecular formula is C10H14ClNOS. The first-order valence-electron chi connectivity index (χ1n) is 4.67. The molecule has 1 rings (SSSR count). The highest BCUT2D eigenvalue weighted by Crippen LogP contribution is 2.10. The fraction of sp³-hybridized carbons (Fsp3) is 0.500. The molecule has 2 nitrogen and oxygen atoms in total. The number of hydrogen-bond acceptors (Lipinski definition) is 2. The van der Waals surface area contributed by atoms with Crippen molar-refractivity contribution in [1.82, 2.24) is 4.90 Å². The Kier molecular flexibility index (Phi) is 4.98. The van der Waals surface area contributed by atoms with Gasteiger partial charge in [0.2, 0.25) is 0 Å². The van der Waals surface area contributed by atoms with Crippen LogP contribution in [0.3, 0.4) is 0 Å². The average Bonchev–Trinajstić information content (AvgIpc) is 2.69. The zero-order valence-electron chi connectivity index (χ0n) is 8.20. The van der Waals surface area contributed by atoms with Crippen LogP contribution in [-0.2, 0) is 0 Å². The van der Waals surface area contributed by atoms with Crippen LogP contribution in [0.5, 0.6) is 0 Å². The molecule has 0 bridgehead atoms. The van der Waals surface area contributed by atoms with E-state index in [0.717, 1.165) is 18.5 Å². The summed E-state index contributed by atoms with van der Waals surface area (Å²) in [6.45, 7) is 3.47. The number of carbonyl (C=O) groups is 1. The van der Waals surface area contributed by atoms with Crippen molar-refractivity contribution in [1.29, 1.82) is 0 Å². The van der Waals surface area contributed by atoms with Crippen molar-refractivity contribution in [3.8, 4) is 0 Å². The third kappa shape index (κ3) is 3.00. The number of alkyl halides is 1. The summed E-state index contributed by atoms with van der Waals surface area (Å²) in [5.41, 5.74) is 0.772. The Balaban J connectivity index is 2.63. The molecule has 0 fully saturated rings. The maximum atomic E-state index is 11.9. The van der Waals surface area contributed by atoms with Gasteiger partial charge in [-0.3, -0.25) is 4.79 Å². The number of thiophene rings is 1. The summed E-state index contributed by atoms with van der Waals surface area (Å²) in [6, 6.07) is 1.85. The monoisotopic (exact) mass is 231 g/mol. The van der Waals surface area contributed by atoms with Crippen molar-refractivity contribution in [2.75, 3.05) is 19.0 Å². The molecule has 0 aromatic carbocycles. The Morgan fingerprint density at radius 2 is 2.36 bits per heavy atom. The van der Waals surface area contributed by atoms with Gasteiger partial charge in [0.05, 0.1) is 5.56 Å². The van der Waals surface area contributed by atoms with Crippen LogP contribution in [0.2, 0.25) is 0 Å². The number of nitrogens with zero attached hydrogens (tertiary/aromatic N) is 1. The molecule has 1 heterocycles. The molecule has 0 saturated carbocycles. The molecule has 0 unspecified atom stereocenters. The first kappa shape index (κ1) is 11.5. The average molecular weight is 232 g/mol. The molecule has 0 radical (unpaired) electrons. The summed E-state index contributed by atoms with van der Waals surface area (Å²) < 4.78 is 0. The van der Waals surface area contributed by atoms with Crippen LogP contribution in [0.15, 0.2) is 16.8 Å². The van der Waals surface area contributed by atoms with E-state index in [1.807, 2.05) is 16.8 Å². The quantitative estimate of drug-likeness (QED) is 0.714. The molecule has 1 aromatic rings. The molecule has 0 aliphatic rings. The maximum absolute atomic E-state index is 11.9. The predicted octanol–water partition coefficient (Wildman–Crippen LogP) is 2.84. The van der Waals surface area contributed by atoms with E-state index in [1.165, 1.54) is 0 Å². The van der Waals surface area contributed by atoms with Gasteiger partial charge in [-0.15, -0.1) is 11.6 Å². The van der Waals surface area contributed by atoms with E-state index in [9.17, 15) is 4.79 Å². The topological polar surface area (TPSA) is 20.3 Å². The lowest BCUT2D eigenvalue weighted by Gasteiger charge is -2.20. The van der Waals surface area contributed by atoms with E-state index in [1.54, 1.807) is 16.2 Å². The van der Waals surface area contributed by atoms with Gasteiger partial charge in [0, 0.05) is 24.3 Å². The number of amides is 1. The lowest BCUT2D eigenvalue weighted by atomic mass is 10.3. The summed E-state index contributed by atoms with van der Waals surface area (Å²) >= 11 is 7.19. The van der Waals surface area contributed by atoms with Gasteiger partial charge in [-0.25, -0.2) is 0 Å². The number of carbonyl (C=O) groups excluding carboxylic acids is 1. The minimum Gasteiger partial charge on any atom is -0.337 e. The summed E-state index contributed by atoms with van der Waals surface area (Å²) in [6.07, 6.45) is 0.965. The predicted molar refractivity (Wildman–Crippen MR) is 61.2 cm³/mol. The van der Waals surface area contributed by atoms with Crippen LogP contribution in [0, 0.1) is 0 Å². The van der Waals surface area contributed by atoms with Crippen LogP contribution in [0.1, 0.15) is 23.7 Å². The molecule has 1 aromatic heterocycles. The molecule has 1 amide bonds. The number of halogens is 1. The van der Waals surface area contributed by atoms with E-state index in [0.29, 0.717) is 12.4 Å². The highest BCUT2D eigenvalue weighted by Gasteiger charge is 2.13. The Labute approximate surface area is 93.5 Å². The Morgan fingerprint density at radius 3 is 2.86 bits per heavy atom. The van der Waals surface area contributed by atoms with Crippen LogP contribution >= 0.6 is 22.9 Å². The molecule has 0 atom stereocenters. The molecule has 0 saturated heterocycles. The fourth-order valence-electron chi connectivity index (χ4n) is 1.26. The summed E-state index contributed by atoms with van der Waals surface area (Å²) in [7, 11) is 0. The molecule has 78 valence electrons. The standard InChI is InChI=1S/C10H14ClNOS/c1-2-5-12(6-4-11)10(13)9-3-7-14-8-9/h3,7-8H,2,4-6H2,1H3. The van der Waals surface area contributed by atoms with Crippen molar-refractivity contribution in [3.63, 3.8) is 0 Å². The molecule has 0 N–H and O–H groups in total. The highest BCUT2D eigenvalue weighted by molar-refractivity contribution is 7.08. The highest BCUT2D eigenvalue weighted by atomic mass is 35.5. The van der Waals surface area contributed by atoms with Gasteiger partial charge in [0.15, 0.2) is 0 Å². The molecular weight excluding hydrogens is 218 g/mol. The van der Waals surface area contributed by atoms with E-state index >= 15 is 0 Å². The van der Waals surface area contributed by atoms with Crippen molar-refractivity contribution in [2.45, 2.75) is 13.3 Å². The zero-order chi connectivity index (χ0) is 10.4. The lowest BCUT2D eigenvalue weighted by molar-refractivity contribution is 0.0766. The van der Waals surface area contributed by atoms with E-state index in [4.69, 9.17) is 11.6 Å². The zero-order valence-corrected chi connectivity index (χ0v) is 9.77. The van der Waals surface area contributed by atoms with Gasteiger partial charge in [0.25, 0.3) is 5.91 Å². The van der Waals surface area contributed by atoms with Gasteiger partial charge in [0.1, 0.15) is 0 Å². The minimum absolute atomic E-state index is 0.0914. The summed E-state index contributed by atoms with van der Waals surface area (Å²) in [4.78, 5) is 13.7. The van der Waals surface area contributed by atoms with Gasteiger partial charge >= 0.3 is 0 Å². The largest absolute Gasteiger partial charge is 0.337 e. The first-order valence-corrected chi connectivity index (χ1v) is 6.14. The third-order valence-electron chi connectivity index (χ3n) is 1.90. The van der Waals surface area contributed by atoms with Gasteiger partial charge in [-0.05, 0) is 17.9 Å².